The van der Waals surface area contributed by atoms with Crippen LogP contribution in [0.1, 0.15) is 29.6 Å². The molecule has 2 N–H and O–H groups in total. The van der Waals surface area contributed by atoms with Crippen LogP contribution in [0.5, 0.6) is 0 Å². The van der Waals surface area contributed by atoms with Crippen LogP contribution in [-0.2, 0) is 9.53 Å². The zero-order valence-corrected chi connectivity index (χ0v) is 14.0. The Labute approximate surface area is 141 Å². The maximum absolute atomic E-state index is 12.6. The van der Waals surface area contributed by atoms with Gasteiger partial charge in [-0.25, -0.2) is 0 Å². The standard InChI is InChI=1S/C17H25N3O4/c21-16(18-5-7-19-8-11-23-12-9-19)15-3-1-2-6-20(15)17(22)14-4-10-24-13-14/h4,10,13,15H,1-3,5-9,11-12H2,(H,18,21)/p+1/t15-/m1/s1. The molecule has 132 valence electrons. The lowest BCUT2D eigenvalue weighted by Crippen LogP contribution is -3.14. The molecule has 0 bridgehead atoms. The molecule has 2 amide bonds. The Morgan fingerprint density at radius 2 is 2.12 bits per heavy atom. The molecule has 0 aliphatic carbocycles. The van der Waals surface area contributed by atoms with E-state index in [0.717, 1.165) is 52.1 Å². The number of carbonyl (C=O) groups is 2. The summed E-state index contributed by atoms with van der Waals surface area (Å²) >= 11 is 0. The lowest BCUT2D eigenvalue weighted by atomic mass is 10.0. The van der Waals surface area contributed by atoms with Crippen molar-refractivity contribution < 1.29 is 23.6 Å². The van der Waals surface area contributed by atoms with E-state index in [1.165, 1.54) is 17.4 Å². The van der Waals surface area contributed by atoms with E-state index in [-0.39, 0.29) is 17.9 Å². The molecule has 2 fully saturated rings. The van der Waals surface area contributed by atoms with Gasteiger partial charge in [0.05, 0.1) is 38.1 Å². The topological polar surface area (TPSA) is 76.2 Å². The number of rotatable bonds is 5. The van der Waals surface area contributed by atoms with Crippen LogP contribution in [0.15, 0.2) is 23.0 Å². The zero-order chi connectivity index (χ0) is 16.8. The first-order valence-electron chi connectivity index (χ1n) is 8.78. The largest absolute Gasteiger partial charge is 0.472 e. The number of likely N-dealkylation sites (tertiary alicyclic amines) is 1. The molecule has 0 unspecified atom stereocenters. The number of nitrogens with one attached hydrogen (secondary N) is 2. The second kappa shape index (κ2) is 8.30. The fourth-order valence-corrected chi connectivity index (χ4v) is 3.39. The van der Waals surface area contributed by atoms with E-state index in [1.54, 1.807) is 11.0 Å². The first kappa shape index (κ1) is 17.0. The highest BCUT2D eigenvalue weighted by atomic mass is 16.5. The van der Waals surface area contributed by atoms with Gasteiger partial charge in [0.25, 0.3) is 5.91 Å². The van der Waals surface area contributed by atoms with Crippen LogP contribution in [0.4, 0.5) is 0 Å². The summed E-state index contributed by atoms with van der Waals surface area (Å²) in [5.41, 5.74) is 0.507. The van der Waals surface area contributed by atoms with Gasteiger partial charge in [-0.1, -0.05) is 0 Å². The number of ether oxygens (including phenoxy) is 1. The third-order valence-electron chi connectivity index (χ3n) is 4.81. The summed E-state index contributed by atoms with van der Waals surface area (Å²) in [5.74, 6) is -0.165. The molecule has 1 aromatic rings. The number of piperidine rings is 1. The van der Waals surface area contributed by atoms with E-state index < -0.39 is 0 Å². The van der Waals surface area contributed by atoms with Crippen LogP contribution in [0.3, 0.4) is 0 Å². The number of morpholine rings is 1. The van der Waals surface area contributed by atoms with Gasteiger partial charge in [0, 0.05) is 6.54 Å². The molecule has 2 aliphatic rings. The Hall–Kier alpha value is -1.86. The molecular weight excluding hydrogens is 310 g/mol. The van der Waals surface area contributed by atoms with Crippen LogP contribution >= 0.6 is 0 Å². The van der Waals surface area contributed by atoms with Crippen LogP contribution in [0, 0.1) is 0 Å². The van der Waals surface area contributed by atoms with Crippen molar-refractivity contribution in [2.75, 3.05) is 45.9 Å². The van der Waals surface area contributed by atoms with Gasteiger partial charge in [-0.3, -0.25) is 9.59 Å². The number of furan rings is 1. The molecule has 24 heavy (non-hydrogen) atoms. The maximum atomic E-state index is 12.6. The molecule has 1 atom stereocenters. The summed E-state index contributed by atoms with van der Waals surface area (Å²) in [4.78, 5) is 28.3. The Morgan fingerprint density at radius 3 is 2.88 bits per heavy atom. The van der Waals surface area contributed by atoms with E-state index in [1.807, 2.05) is 0 Å². The van der Waals surface area contributed by atoms with Crippen molar-refractivity contribution in [3.05, 3.63) is 24.2 Å². The fraction of sp³-hybridized carbons (Fsp3) is 0.647. The molecule has 3 heterocycles. The maximum Gasteiger partial charge on any atom is 0.257 e. The molecule has 0 saturated carbocycles. The Kier molecular flexibility index (Phi) is 5.87. The lowest BCUT2D eigenvalue weighted by molar-refractivity contribution is -0.906. The second-order valence-corrected chi connectivity index (χ2v) is 6.43. The van der Waals surface area contributed by atoms with E-state index in [2.05, 4.69) is 5.32 Å². The second-order valence-electron chi connectivity index (χ2n) is 6.43. The number of amides is 2. The summed E-state index contributed by atoms with van der Waals surface area (Å²) in [5, 5.41) is 3.01. The molecule has 2 saturated heterocycles. The van der Waals surface area contributed by atoms with Gasteiger partial charge in [0.15, 0.2) is 0 Å². The Bertz CT molecular complexity index is 540. The van der Waals surface area contributed by atoms with Crippen molar-refractivity contribution in [1.82, 2.24) is 10.2 Å². The van der Waals surface area contributed by atoms with Gasteiger partial charge < -0.3 is 24.3 Å². The van der Waals surface area contributed by atoms with Crippen molar-refractivity contribution in [3.63, 3.8) is 0 Å². The van der Waals surface area contributed by atoms with Gasteiger partial charge in [0.1, 0.15) is 25.4 Å². The van der Waals surface area contributed by atoms with E-state index in [9.17, 15) is 9.59 Å². The quantitative estimate of drug-likeness (QED) is 0.746. The van der Waals surface area contributed by atoms with Crippen LogP contribution < -0.4 is 10.2 Å². The number of nitrogens with zero attached hydrogens (tertiary/aromatic N) is 1. The Morgan fingerprint density at radius 1 is 1.29 bits per heavy atom. The monoisotopic (exact) mass is 336 g/mol. The van der Waals surface area contributed by atoms with Crippen LogP contribution in [-0.4, -0.2) is 68.7 Å². The van der Waals surface area contributed by atoms with Crippen molar-refractivity contribution in [1.29, 1.82) is 0 Å². The van der Waals surface area contributed by atoms with Gasteiger partial charge in [-0.05, 0) is 25.3 Å². The summed E-state index contributed by atoms with van der Waals surface area (Å²) in [7, 11) is 0. The van der Waals surface area contributed by atoms with Crippen molar-refractivity contribution in [2.45, 2.75) is 25.3 Å². The molecule has 1 aromatic heterocycles. The van der Waals surface area contributed by atoms with E-state index >= 15 is 0 Å². The number of carbonyl (C=O) groups excluding carboxylic acids is 2. The summed E-state index contributed by atoms with van der Waals surface area (Å²) in [6, 6.07) is 1.27. The van der Waals surface area contributed by atoms with Crippen molar-refractivity contribution >= 4 is 11.8 Å². The van der Waals surface area contributed by atoms with E-state index in [4.69, 9.17) is 9.15 Å². The average molecular weight is 336 g/mol. The number of quaternary nitrogens is 1. The highest BCUT2D eigenvalue weighted by Crippen LogP contribution is 2.20. The molecule has 3 rings (SSSR count). The smallest absolute Gasteiger partial charge is 0.257 e. The summed E-state index contributed by atoms with van der Waals surface area (Å²) < 4.78 is 10.3. The molecule has 7 heteroatoms. The van der Waals surface area contributed by atoms with Crippen LogP contribution in [0.2, 0.25) is 0 Å². The molecule has 7 nitrogen and oxygen atoms in total. The molecular formula is C17H26N3O4+. The predicted molar refractivity (Wildman–Crippen MR) is 86.8 cm³/mol. The average Bonchev–Trinajstić information content (AvgIpc) is 3.16. The fourth-order valence-electron chi connectivity index (χ4n) is 3.39. The molecule has 0 spiro atoms. The minimum Gasteiger partial charge on any atom is -0.472 e. The normalized spacial score (nSPS) is 22.3. The van der Waals surface area contributed by atoms with E-state index in [0.29, 0.717) is 18.7 Å². The highest BCUT2D eigenvalue weighted by molar-refractivity contribution is 5.97. The first-order valence-corrected chi connectivity index (χ1v) is 8.78. The van der Waals surface area contributed by atoms with Crippen molar-refractivity contribution in [2.24, 2.45) is 0 Å². The summed E-state index contributed by atoms with van der Waals surface area (Å²) in [6.07, 6.45) is 5.55. The third-order valence-corrected chi connectivity index (χ3v) is 4.81. The number of hydrogen-bond donors (Lipinski definition) is 2. The third kappa shape index (κ3) is 4.15. The molecule has 0 aromatic carbocycles. The lowest BCUT2D eigenvalue weighted by Gasteiger charge is -2.34. The van der Waals surface area contributed by atoms with Gasteiger partial charge in [-0.15, -0.1) is 0 Å². The van der Waals surface area contributed by atoms with Crippen LogP contribution in [0.25, 0.3) is 0 Å². The Balaban J connectivity index is 1.52. The zero-order valence-electron chi connectivity index (χ0n) is 14.0. The molecule has 2 aliphatic heterocycles. The predicted octanol–water partition coefficient (Wildman–Crippen LogP) is -0.694. The SMILES string of the molecule is O=C(NCC[NH+]1CCOCC1)[C@H]1CCCCN1C(=O)c1ccoc1. The molecule has 0 radical (unpaired) electrons. The first-order chi connectivity index (χ1) is 11.8. The highest BCUT2D eigenvalue weighted by Gasteiger charge is 2.32. The minimum absolute atomic E-state index is 0.0424. The number of hydrogen-bond acceptors (Lipinski definition) is 4. The minimum atomic E-state index is -0.374. The van der Waals surface area contributed by atoms with Gasteiger partial charge >= 0.3 is 0 Å². The summed E-state index contributed by atoms with van der Waals surface area (Å²) in [6.45, 7) is 5.72. The van der Waals surface area contributed by atoms with Gasteiger partial charge in [-0.2, -0.15) is 0 Å². The van der Waals surface area contributed by atoms with Gasteiger partial charge in [0.2, 0.25) is 5.91 Å². The van der Waals surface area contributed by atoms with Crippen molar-refractivity contribution in [3.8, 4) is 0 Å².